The lowest BCUT2D eigenvalue weighted by atomic mass is 10.0. The van der Waals surface area contributed by atoms with E-state index in [4.69, 9.17) is 18.9 Å². The fraction of sp³-hybridized carbons (Fsp3) is 0.263. The van der Waals surface area contributed by atoms with E-state index >= 15 is 0 Å². The summed E-state index contributed by atoms with van der Waals surface area (Å²) < 4.78 is 20.8. The van der Waals surface area contributed by atoms with Crippen LogP contribution in [0, 0.1) is 0 Å². The number of hydrogen-bond donors (Lipinski definition) is 0. The molecule has 6 heteroatoms. The van der Waals surface area contributed by atoms with E-state index in [1.807, 2.05) is 0 Å². The Hall–Kier alpha value is -3.02. The number of hydrogen-bond acceptors (Lipinski definition) is 6. The van der Waals surface area contributed by atoms with Crippen LogP contribution in [0.3, 0.4) is 0 Å². The second-order valence-electron chi connectivity index (χ2n) is 5.19. The topological polar surface area (TPSA) is 71.1 Å². The lowest BCUT2D eigenvalue weighted by Crippen LogP contribution is -2.16. The summed E-state index contributed by atoms with van der Waals surface area (Å²) in [6, 6.07) is 9.71. The van der Waals surface area contributed by atoms with Gasteiger partial charge in [0, 0.05) is 12.0 Å². The van der Waals surface area contributed by atoms with Crippen LogP contribution in [-0.2, 0) is 11.2 Å². The van der Waals surface area contributed by atoms with Crippen LogP contribution in [0.2, 0.25) is 0 Å². The van der Waals surface area contributed by atoms with Crippen LogP contribution >= 0.6 is 0 Å². The molecule has 0 aliphatic carbocycles. The van der Waals surface area contributed by atoms with Gasteiger partial charge < -0.3 is 18.9 Å². The van der Waals surface area contributed by atoms with Crippen LogP contribution in [-0.4, -0.2) is 40.0 Å². The molecule has 0 aliphatic rings. The molecule has 0 atom stereocenters. The van der Waals surface area contributed by atoms with E-state index in [0.717, 1.165) is 0 Å². The first-order valence-corrected chi connectivity index (χ1v) is 7.54. The summed E-state index contributed by atoms with van der Waals surface area (Å²) in [6.07, 6.45) is -0.0679. The predicted octanol–water partition coefficient (Wildman–Crippen LogP) is 2.72. The standard InChI is InChI=1S/C19H20O6/c1-22-14-7-5-13(6-8-14)18(21)15(20)9-12-10-16(23-2)19(25-4)17(11-12)24-3/h5-8,10-11H,9H2,1-4H3. The Labute approximate surface area is 146 Å². The van der Waals surface area contributed by atoms with Gasteiger partial charge in [-0.15, -0.1) is 0 Å². The summed E-state index contributed by atoms with van der Waals surface area (Å²) in [6.45, 7) is 0. The fourth-order valence-corrected chi connectivity index (χ4v) is 2.41. The van der Waals surface area contributed by atoms with Crippen LogP contribution in [0.15, 0.2) is 36.4 Å². The van der Waals surface area contributed by atoms with E-state index in [-0.39, 0.29) is 6.42 Å². The van der Waals surface area contributed by atoms with Crippen molar-refractivity contribution in [2.45, 2.75) is 6.42 Å². The molecule has 0 unspecified atom stereocenters. The maximum Gasteiger partial charge on any atom is 0.228 e. The second kappa shape index (κ2) is 8.19. The minimum atomic E-state index is -0.559. The van der Waals surface area contributed by atoms with Crippen molar-refractivity contribution in [1.29, 1.82) is 0 Å². The maximum absolute atomic E-state index is 12.3. The number of ketones is 2. The molecule has 2 aromatic rings. The van der Waals surface area contributed by atoms with Gasteiger partial charge in [-0.3, -0.25) is 9.59 Å². The van der Waals surface area contributed by atoms with E-state index in [1.165, 1.54) is 28.4 Å². The lowest BCUT2D eigenvalue weighted by Gasteiger charge is -2.13. The largest absolute Gasteiger partial charge is 0.497 e. The third-order valence-electron chi connectivity index (χ3n) is 3.69. The Kier molecular flexibility index (Phi) is 6.00. The zero-order chi connectivity index (χ0) is 18.4. The highest BCUT2D eigenvalue weighted by atomic mass is 16.5. The van der Waals surface area contributed by atoms with E-state index in [9.17, 15) is 9.59 Å². The van der Waals surface area contributed by atoms with Crippen LogP contribution < -0.4 is 18.9 Å². The summed E-state index contributed by atoms with van der Waals surface area (Å²) in [4.78, 5) is 24.6. The molecule has 2 aromatic carbocycles. The van der Waals surface area contributed by atoms with Crippen molar-refractivity contribution < 1.29 is 28.5 Å². The molecule has 0 bridgehead atoms. The fourth-order valence-electron chi connectivity index (χ4n) is 2.41. The average molecular weight is 344 g/mol. The predicted molar refractivity (Wildman–Crippen MR) is 92.1 cm³/mol. The molecule has 0 saturated carbocycles. The third kappa shape index (κ3) is 4.09. The highest BCUT2D eigenvalue weighted by Gasteiger charge is 2.19. The van der Waals surface area contributed by atoms with Gasteiger partial charge in [-0.2, -0.15) is 0 Å². The molecule has 0 heterocycles. The molecular weight excluding hydrogens is 324 g/mol. The van der Waals surface area contributed by atoms with E-state index in [2.05, 4.69) is 0 Å². The first-order chi connectivity index (χ1) is 12.0. The Bertz CT molecular complexity index is 739. The molecule has 0 aliphatic heterocycles. The summed E-state index contributed by atoms with van der Waals surface area (Å²) in [5, 5.41) is 0. The third-order valence-corrected chi connectivity index (χ3v) is 3.69. The van der Waals surface area contributed by atoms with Crippen molar-refractivity contribution in [3.63, 3.8) is 0 Å². The Morgan fingerprint density at radius 2 is 1.36 bits per heavy atom. The molecule has 0 saturated heterocycles. The van der Waals surface area contributed by atoms with Crippen LogP contribution in [0.1, 0.15) is 15.9 Å². The number of Topliss-reactive ketones (excluding diaryl/α,β-unsaturated/α-hetero) is 2. The number of carbonyl (C=O) groups excluding carboxylic acids is 2. The average Bonchev–Trinajstić information content (AvgIpc) is 2.66. The number of carbonyl (C=O) groups is 2. The van der Waals surface area contributed by atoms with Crippen molar-refractivity contribution in [1.82, 2.24) is 0 Å². The number of ether oxygens (including phenoxy) is 4. The van der Waals surface area contributed by atoms with E-state index < -0.39 is 11.6 Å². The Morgan fingerprint density at radius 1 is 0.800 bits per heavy atom. The second-order valence-corrected chi connectivity index (χ2v) is 5.19. The number of methoxy groups -OCH3 is 4. The molecule has 2 rings (SSSR count). The smallest absolute Gasteiger partial charge is 0.228 e. The minimum absolute atomic E-state index is 0.0679. The van der Waals surface area contributed by atoms with Crippen LogP contribution in [0.5, 0.6) is 23.0 Å². The van der Waals surface area contributed by atoms with Gasteiger partial charge in [0.25, 0.3) is 0 Å². The Balaban J connectivity index is 2.22. The van der Waals surface area contributed by atoms with Crippen LogP contribution in [0.25, 0.3) is 0 Å². The van der Waals surface area contributed by atoms with Gasteiger partial charge in [0.15, 0.2) is 11.5 Å². The molecule has 0 amide bonds. The highest BCUT2D eigenvalue weighted by Crippen LogP contribution is 2.38. The summed E-state index contributed by atoms with van der Waals surface area (Å²) >= 11 is 0. The summed E-state index contributed by atoms with van der Waals surface area (Å²) in [7, 11) is 6.02. The molecule has 25 heavy (non-hydrogen) atoms. The van der Waals surface area contributed by atoms with Crippen molar-refractivity contribution in [2.24, 2.45) is 0 Å². The van der Waals surface area contributed by atoms with Crippen molar-refractivity contribution >= 4 is 11.6 Å². The van der Waals surface area contributed by atoms with E-state index in [0.29, 0.717) is 34.1 Å². The molecule has 6 nitrogen and oxygen atoms in total. The highest BCUT2D eigenvalue weighted by molar-refractivity contribution is 6.44. The van der Waals surface area contributed by atoms with Crippen molar-refractivity contribution in [3.05, 3.63) is 47.5 Å². The van der Waals surface area contributed by atoms with Gasteiger partial charge in [-0.1, -0.05) is 0 Å². The normalized spacial score (nSPS) is 10.1. The Morgan fingerprint density at radius 3 is 1.80 bits per heavy atom. The van der Waals surface area contributed by atoms with E-state index in [1.54, 1.807) is 36.4 Å². The molecular formula is C19H20O6. The molecule has 0 fully saturated rings. The molecule has 0 N–H and O–H groups in total. The molecule has 0 radical (unpaired) electrons. The van der Waals surface area contributed by atoms with Crippen LogP contribution in [0.4, 0.5) is 0 Å². The number of rotatable bonds is 8. The first kappa shape index (κ1) is 18.3. The lowest BCUT2D eigenvalue weighted by molar-refractivity contribution is -0.114. The van der Waals surface area contributed by atoms with Gasteiger partial charge in [0.1, 0.15) is 5.75 Å². The van der Waals surface area contributed by atoms with Crippen molar-refractivity contribution in [2.75, 3.05) is 28.4 Å². The maximum atomic E-state index is 12.3. The quantitative estimate of drug-likeness (QED) is 0.542. The summed E-state index contributed by atoms with van der Waals surface area (Å²) in [5.74, 6) is 0.829. The first-order valence-electron chi connectivity index (χ1n) is 7.54. The monoisotopic (exact) mass is 344 g/mol. The molecule has 132 valence electrons. The van der Waals surface area contributed by atoms with Gasteiger partial charge in [0.05, 0.1) is 28.4 Å². The van der Waals surface area contributed by atoms with Crippen molar-refractivity contribution in [3.8, 4) is 23.0 Å². The minimum Gasteiger partial charge on any atom is -0.497 e. The number of benzene rings is 2. The summed E-state index contributed by atoms with van der Waals surface area (Å²) in [5.41, 5.74) is 0.916. The zero-order valence-electron chi connectivity index (χ0n) is 14.6. The SMILES string of the molecule is COc1ccc(C(=O)C(=O)Cc2cc(OC)c(OC)c(OC)c2)cc1. The molecule has 0 aromatic heterocycles. The van der Waals surface area contributed by atoms with Gasteiger partial charge in [-0.05, 0) is 42.0 Å². The van der Waals surface area contributed by atoms with Gasteiger partial charge >= 0.3 is 0 Å². The van der Waals surface area contributed by atoms with Gasteiger partial charge in [-0.25, -0.2) is 0 Å². The zero-order valence-corrected chi connectivity index (χ0v) is 14.6. The molecule has 0 spiro atoms. The van der Waals surface area contributed by atoms with Gasteiger partial charge in [0.2, 0.25) is 17.3 Å².